The summed E-state index contributed by atoms with van der Waals surface area (Å²) < 4.78 is 33.3. The summed E-state index contributed by atoms with van der Waals surface area (Å²) in [5.41, 5.74) is 5.44. The SMILES string of the molecule is NCCOCC(=O)Nc1cc(Cl)c(OC(F)F)c(Cl)c1. The van der Waals surface area contributed by atoms with Crippen LogP contribution in [0.3, 0.4) is 0 Å². The van der Waals surface area contributed by atoms with Gasteiger partial charge in [0.05, 0.1) is 16.7 Å². The molecule has 112 valence electrons. The van der Waals surface area contributed by atoms with Crippen molar-refractivity contribution < 1.29 is 23.0 Å². The maximum Gasteiger partial charge on any atom is 0.387 e. The summed E-state index contributed by atoms with van der Waals surface area (Å²) in [7, 11) is 0. The molecule has 0 aliphatic carbocycles. The second kappa shape index (κ2) is 8.21. The average molecular weight is 329 g/mol. The number of halogens is 4. The molecule has 0 bridgehead atoms. The van der Waals surface area contributed by atoms with E-state index in [1.807, 2.05) is 0 Å². The lowest BCUT2D eigenvalue weighted by atomic mass is 10.3. The fourth-order valence-electron chi connectivity index (χ4n) is 1.28. The van der Waals surface area contributed by atoms with E-state index >= 15 is 0 Å². The van der Waals surface area contributed by atoms with Crippen molar-refractivity contribution in [2.24, 2.45) is 5.73 Å². The Labute approximate surface area is 123 Å². The Balaban J connectivity index is 2.71. The number of alkyl halides is 2. The zero-order valence-electron chi connectivity index (χ0n) is 10.2. The van der Waals surface area contributed by atoms with Gasteiger partial charge in [0.15, 0.2) is 5.75 Å². The molecule has 0 unspecified atom stereocenters. The van der Waals surface area contributed by atoms with Crippen LogP contribution in [0.2, 0.25) is 10.0 Å². The Hall–Kier alpha value is -1.15. The third kappa shape index (κ3) is 5.46. The summed E-state index contributed by atoms with van der Waals surface area (Å²) in [4.78, 5) is 11.5. The standard InChI is InChI=1S/C11H12Cl2F2N2O3/c12-7-3-6(17-9(18)5-19-2-1-16)4-8(13)10(7)20-11(14)15/h3-4,11H,1-2,5,16H2,(H,17,18). The molecule has 5 nitrogen and oxygen atoms in total. The van der Waals surface area contributed by atoms with Gasteiger partial charge in [-0.3, -0.25) is 4.79 Å². The number of rotatable bonds is 7. The third-order valence-corrected chi connectivity index (χ3v) is 2.55. The Morgan fingerprint density at radius 2 is 1.95 bits per heavy atom. The molecule has 0 atom stereocenters. The van der Waals surface area contributed by atoms with Crippen LogP contribution in [0.5, 0.6) is 5.75 Å². The monoisotopic (exact) mass is 328 g/mol. The van der Waals surface area contributed by atoms with E-state index in [9.17, 15) is 13.6 Å². The van der Waals surface area contributed by atoms with Gasteiger partial charge in [0, 0.05) is 12.2 Å². The Morgan fingerprint density at radius 3 is 2.45 bits per heavy atom. The summed E-state index contributed by atoms with van der Waals surface area (Å²) in [5, 5.41) is 2.16. The number of carbonyl (C=O) groups is 1. The summed E-state index contributed by atoms with van der Waals surface area (Å²) in [6, 6.07) is 2.48. The first-order valence-corrected chi connectivity index (χ1v) is 6.21. The lowest BCUT2D eigenvalue weighted by molar-refractivity contribution is -0.120. The van der Waals surface area contributed by atoms with Crippen molar-refractivity contribution in [1.82, 2.24) is 0 Å². The number of hydrogen-bond acceptors (Lipinski definition) is 4. The summed E-state index contributed by atoms with van der Waals surface area (Å²) in [6.07, 6.45) is 0. The van der Waals surface area contributed by atoms with Crippen molar-refractivity contribution in [3.63, 3.8) is 0 Å². The van der Waals surface area contributed by atoms with Gasteiger partial charge in [-0.1, -0.05) is 23.2 Å². The van der Waals surface area contributed by atoms with Crippen LogP contribution >= 0.6 is 23.2 Å². The van der Waals surface area contributed by atoms with E-state index in [2.05, 4.69) is 10.1 Å². The van der Waals surface area contributed by atoms with Crippen molar-refractivity contribution in [1.29, 1.82) is 0 Å². The van der Waals surface area contributed by atoms with Crippen molar-refractivity contribution in [2.75, 3.05) is 25.1 Å². The minimum atomic E-state index is -3.05. The van der Waals surface area contributed by atoms with Crippen molar-refractivity contribution in [3.8, 4) is 5.75 Å². The summed E-state index contributed by atoms with van der Waals surface area (Å²) >= 11 is 11.5. The van der Waals surface area contributed by atoms with Crippen LogP contribution < -0.4 is 15.8 Å². The molecule has 0 heterocycles. The van der Waals surface area contributed by atoms with Gasteiger partial charge in [-0.25, -0.2) is 0 Å². The molecule has 0 fully saturated rings. The highest BCUT2D eigenvalue weighted by Crippen LogP contribution is 2.36. The highest BCUT2D eigenvalue weighted by atomic mass is 35.5. The van der Waals surface area contributed by atoms with Crippen LogP contribution in [-0.4, -0.2) is 32.3 Å². The van der Waals surface area contributed by atoms with Crippen LogP contribution in [0.15, 0.2) is 12.1 Å². The molecule has 0 aromatic heterocycles. The quantitative estimate of drug-likeness (QED) is 0.754. The van der Waals surface area contributed by atoms with Gasteiger partial charge in [-0.05, 0) is 12.1 Å². The third-order valence-electron chi connectivity index (χ3n) is 1.98. The minimum absolute atomic E-state index is 0.143. The first-order chi connectivity index (χ1) is 9.43. The predicted octanol–water partition coefficient (Wildman–Crippen LogP) is 2.51. The normalized spacial score (nSPS) is 10.7. The molecule has 0 spiro atoms. The molecule has 1 rings (SSSR count). The van der Waals surface area contributed by atoms with Crippen molar-refractivity contribution >= 4 is 34.8 Å². The molecule has 1 aromatic rings. The maximum atomic E-state index is 12.1. The lowest BCUT2D eigenvalue weighted by Gasteiger charge is -2.11. The van der Waals surface area contributed by atoms with E-state index in [1.54, 1.807) is 0 Å². The number of nitrogens with one attached hydrogen (secondary N) is 1. The fourth-order valence-corrected chi connectivity index (χ4v) is 1.86. The largest absolute Gasteiger partial charge is 0.432 e. The van der Waals surface area contributed by atoms with E-state index in [0.717, 1.165) is 0 Å². The number of benzene rings is 1. The van der Waals surface area contributed by atoms with Gasteiger partial charge in [-0.2, -0.15) is 8.78 Å². The molecule has 3 N–H and O–H groups in total. The lowest BCUT2D eigenvalue weighted by Crippen LogP contribution is -2.20. The van der Waals surface area contributed by atoms with Crippen LogP contribution in [0.25, 0.3) is 0 Å². The fraction of sp³-hybridized carbons (Fsp3) is 0.364. The van der Waals surface area contributed by atoms with Crippen LogP contribution in [0.4, 0.5) is 14.5 Å². The molecule has 0 aliphatic rings. The smallest absolute Gasteiger partial charge is 0.387 e. The molecule has 0 radical (unpaired) electrons. The first kappa shape index (κ1) is 16.9. The molecule has 0 saturated carbocycles. The van der Waals surface area contributed by atoms with Gasteiger partial charge >= 0.3 is 6.61 Å². The minimum Gasteiger partial charge on any atom is -0.432 e. The van der Waals surface area contributed by atoms with E-state index in [0.29, 0.717) is 6.54 Å². The Kier molecular flexibility index (Phi) is 6.94. The van der Waals surface area contributed by atoms with Gasteiger partial charge in [0.25, 0.3) is 0 Å². The number of carbonyl (C=O) groups excluding carboxylic acids is 1. The molecule has 1 aromatic carbocycles. The molecular formula is C11H12Cl2F2N2O3. The van der Waals surface area contributed by atoms with Crippen LogP contribution in [-0.2, 0) is 9.53 Å². The Morgan fingerprint density at radius 1 is 1.35 bits per heavy atom. The van der Waals surface area contributed by atoms with Gasteiger partial charge in [0.2, 0.25) is 5.91 Å². The Bertz CT molecular complexity index is 452. The molecular weight excluding hydrogens is 317 g/mol. The van der Waals surface area contributed by atoms with E-state index < -0.39 is 12.5 Å². The van der Waals surface area contributed by atoms with E-state index in [4.69, 9.17) is 33.7 Å². The summed E-state index contributed by atoms with van der Waals surface area (Å²) in [5.74, 6) is -0.797. The topological polar surface area (TPSA) is 73.6 Å². The first-order valence-electron chi connectivity index (χ1n) is 5.45. The number of nitrogens with two attached hydrogens (primary N) is 1. The predicted molar refractivity (Wildman–Crippen MR) is 71.6 cm³/mol. The highest BCUT2D eigenvalue weighted by Gasteiger charge is 2.15. The molecule has 9 heteroatoms. The van der Waals surface area contributed by atoms with Gasteiger partial charge in [0.1, 0.15) is 6.61 Å². The maximum absolute atomic E-state index is 12.1. The number of hydrogen-bond donors (Lipinski definition) is 2. The molecule has 0 aliphatic heterocycles. The molecule has 1 amide bonds. The number of amides is 1. The zero-order valence-corrected chi connectivity index (χ0v) is 11.7. The molecule has 20 heavy (non-hydrogen) atoms. The van der Waals surface area contributed by atoms with E-state index in [-0.39, 0.29) is 34.7 Å². The average Bonchev–Trinajstić information content (AvgIpc) is 2.34. The van der Waals surface area contributed by atoms with Gasteiger partial charge in [-0.15, -0.1) is 0 Å². The second-order valence-corrected chi connectivity index (χ2v) is 4.35. The van der Waals surface area contributed by atoms with Gasteiger partial charge < -0.3 is 20.5 Å². The van der Waals surface area contributed by atoms with Crippen molar-refractivity contribution in [3.05, 3.63) is 22.2 Å². The number of ether oxygens (including phenoxy) is 2. The van der Waals surface area contributed by atoms with E-state index in [1.165, 1.54) is 12.1 Å². The van der Waals surface area contributed by atoms with Crippen LogP contribution in [0, 0.1) is 0 Å². The van der Waals surface area contributed by atoms with Crippen molar-refractivity contribution in [2.45, 2.75) is 6.61 Å². The zero-order chi connectivity index (χ0) is 15.1. The summed E-state index contributed by atoms with van der Waals surface area (Å²) in [6.45, 7) is -2.70. The number of anilines is 1. The van der Waals surface area contributed by atoms with Crippen LogP contribution in [0.1, 0.15) is 0 Å². The molecule has 0 saturated heterocycles. The second-order valence-electron chi connectivity index (χ2n) is 3.54. The highest BCUT2D eigenvalue weighted by molar-refractivity contribution is 6.37.